The van der Waals surface area contributed by atoms with Crippen LogP contribution in [-0.4, -0.2) is 28.4 Å². The zero-order valence-electron chi connectivity index (χ0n) is 7.77. The van der Waals surface area contributed by atoms with E-state index in [0.717, 1.165) is 5.01 Å². The quantitative estimate of drug-likeness (QED) is 0.192. The molecule has 0 spiro atoms. The van der Waals surface area contributed by atoms with Crippen LogP contribution in [0.5, 0.6) is 0 Å². The molecular formula is C8H10N6O. The van der Waals surface area contributed by atoms with Crippen LogP contribution >= 0.6 is 0 Å². The SMILES string of the molecule is N=C(N)N(N=C1C=CC(=O)C=C1)C(=N)N. The van der Waals surface area contributed by atoms with Crippen molar-refractivity contribution in [3.63, 3.8) is 0 Å². The third-order valence-corrected chi connectivity index (χ3v) is 1.51. The van der Waals surface area contributed by atoms with Gasteiger partial charge in [-0.3, -0.25) is 15.6 Å². The number of carbonyl (C=O) groups is 1. The van der Waals surface area contributed by atoms with E-state index in [-0.39, 0.29) is 5.78 Å². The molecule has 78 valence electrons. The molecule has 0 amide bonds. The van der Waals surface area contributed by atoms with E-state index >= 15 is 0 Å². The summed E-state index contributed by atoms with van der Waals surface area (Å²) in [5, 5.41) is 18.7. The third kappa shape index (κ3) is 2.76. The van der Waals surface area contributed by atoms with Crippen molar-refractivity contribution in [3.05, 3.63) is 24.3 Å². The van der Waals surface area contributed by atoms with Crippen LogP contribution < -0.4 is 11.5 Å². The van der Waals surface area contributed by atoms with Gasteiger partial charge in [-0.05, 0) is 24.3 Å². The van der Waals surface area contributed by atoms with Crippen molar-refractivity contribution in [1.29, 1.82) is 10.8 Å². The topological polar surface area (TPSA) is 132 Å². The van der Waals surface area contributed by atoms with Crippen LogP contribution in [0.1, 0.15) is 0 Å². The summed E-state index contributed by atoms with van der Waals surface area (Å²) in [6.07, 6.45) is 5.52. The lowest BCUT2D eigenvalue weighted by Crippen LogP contribution is -2.41. The highest BCUT2D eigenvalue weighted by Crippen LogP contribution is 1.98. The van der Waals surface area contributed by atoms with Gasteiger partial charge >= 0.3 is 0 Å². The highest BCUT2D eigenvalue weighted by atomic mass is 16.1. The van der Waals surface area contributed by atoms with Crippen LogP contribution in [0.15, 0.2) is 29.4 Å². The molecule has 7 nitrogen and oxygen atoms in total. The lowest BCUT2D eigenvalue weighted by atomic mass is 10.2. The lowest BCUT2D eigenvalue weighted by Gasteiger charge is -2.14. The van der Waals surface area contributed by atoms with Gasteiger partial charge in [-0.15, -0.1) is 0 Å². The van der Waals surface area contributed by atoms with E-state index in [2.05, 4.69) is 5.10 Å². The average molecular weight is 206 g/mol. The van der Waals surface area contributed by atoms with Gasteiger partial charge in [0.25, 0.3) is 0 Å². The van der Waals surface area contributed by atoms with Gasteiger partial charge in [0.1, 0.15) is 0 Å². The average Bonchev–Trinajstić information content (AvgIpc) is 2.15. The van der Waals surface area contributed by atoms with E-state index in [1.54, 1.807) is 0 Å². The fourth-order valence-corrected chi connectivity index (χ4v) is 0.866. The molecule has 0 saturated heterocycles. The second kappa shape index (κ2) is 4.18. The van der Waals surface area contributed by atoms with E-state index in [0.29, 0.717) is 5.71 Å². The molecule has 0 aliphatic heterocycles. The first-order valence-electron chi connectivity index (χ1n) is 3.97. The fraction of sp³-hybridized carbons (Fsp3) is 0. The van der Waals surface area contributed by atoms with Gasteiger partial charge in [0, 0.05) is 0 Å². The Labute approximate surface area is 85.7 Å². The maximum atomic E-state index is 10.8. The van der Waals surface area contributed by atoms with E-state index in [9.17, 15) is 4.79 Å². The monoisotopic (exact) mass is 206 g/mol. The molecule has 0 heterocycles. The maximum absolute atomic E-state index is 10.8. The molecule has 0 fully saturated rings. The minimum atomic E-state index is -0.464. The van der Waals surface area contributed by atoms with Gasteiger partial charge in [0.2, 0.25) is 11.9 Å². The van der Waals surface area contributed by atoms with Gasteiger partial charge in [0.15, 0.2) is 5.78 Å². The molecule has 1 aliphatic carbocycles. The number of nitrogens with zero attached hydrogens (tertiary/aromatic N) is 2. The Bertz CT molecular complexity index is 373. The van der Waals surface area contributed by atoms with Crippen LogP contribution in [0.3, 0.4) is 0 Å². The Morgan fingerprint density at radius 1 is 1.13 bits per heavy atom. The minimum Gasteiger partial charge on any atom is -0.368 e. The van der Waals surface area contributed by atoms with E-state index in [4.69, 9.17) is 22.3 Å². The number of allylic oxidation sites excluding steroid dienone is 4. The smallest absolute Gasteiger partial charge is 0.216 e. The molecule has 0 bridgehead atoms. The second-order valence-electron chi connectivity index (χ2n) is 2.68. The van der Waals surface area contributed by atoms with Crippen LogP contribution in [0.2, 0.25) is 0 Å². The van der Waals surface area contributed by atoms with Crippen molar-refractivity contribution in [1.82, 2.24) is 5.01 Å². The Balaban J connectivity index is 2.90. The molecule has 0 unspecified atom stereocenters. The highest BCUT2D eigenvalue weighted by molar-refractivity contribution is 6.17. The van der Waals surface area contributed by atoms with Crippen molar-refractivity contribution in [3.8, 4) is 0 Å². The number of nitrogens with one attached hydrogen (secondary N) is 2. The summed E-state index contributed by atoms with van der Waals surface area (Å²) in [5.41, 5.74) is 10.7. The van der Waals surface area contributed by atoms with Crippen molar-refractivity contribution in [2.45, 2.75) is 0 Å². The Hall–Kier alpha value is -2.44. The molecule has 1 aliphatic rings. The van der Waals surface area contributed by atoms with Gasteiger partial charge in [-0.1, -0.05) is 0 Å². The summed E-state index contributed by atoms with van der Waals surface area (Å²) in [6.45, 7) is 0. The molecule has 0 aromatic heterocycles. The minimum absolute atomic E-state index is 0.147. The van der Waals surface area contributed by atoms with Crippen molar-refractivity contribution in [2.75, 3.05) is 0 Å². The molecule has 0 radical (unpaired) electrons. The first-order valence-corrected chi connectivity index (χ1v) is 3.97. The van der Waals surface area contributed by atoms with Crippen LogP contribution in [0.4, 0.5) is 0 Å². The van der Waals surface area contributed by atoms with Crippen LogP contribution in [0, 0.1) is 10.8 Å². The molecule has 1 rings (SSSR count). The fourth-order valence-electron chi connectivity index (χ4n) is 0.866. The van der Waals surface area contributed by atoms with Gasteiger partial charge in [0.05, 0.1) is 5.71 Å². The lowest BCUT2D eigenvalue weighted by molar-refractivity contribution is -0.110. The highest BCUT2D eigenvalue weighted by Gasteiger charge is 2.09. The number of nitrogens with two attached hydrogens (primary N) is 2. The standard InChI is InChI=1S/C8H10N6O/c9-7(10)14(8(11)12)13-5-1-3-6(15)4-2-5/h1-4H,(H3,9,10)(H3,11,12). The van der Waals surface area contributed by atoms with Crippen LogP contribution in [-0.2, 0) is 4.79 Å². The normalized spacial score (nSPS) is 13.9. The Morgan fingerprint density at radius 2 is 1.60 bits per heavy atom. The van der Waals surface area contributed by atoms with E-state index in [1.165, 1.54) is 24.3 Å². The number of hydrazone groups is 1. The largest absolute Gasteiger partial charge is 0.368 e. The number of ketones is 1. The zero-order chi connectivity index (χ0) is 11.4. The number of guanidine groups is 2. The van der Waals surface area contributed by atoms with Crippen molar-refractivity contribution in [2.24, 2.45) is 16.6 Å². The molecule has 15 heavy (non-hydrogen) atoms. The predicted molar refractivity (Wildman–Crippen MR) is 56.4 cm³/mol. The molecule has 0 atom stereocenters. The second-order valence-corrected chi connectivity index (χ2v) is 2.68. The van der Waals surface area contributed by atoms with E-state index < -0.39 is 11.9 Å². The van der Waals surface area contributed by atoms with Gasteiger partial charge in [-0.25, -0.2) is 0 Å². The van der Waals surface area contributed by atoms with Gasteiger partial charge in [-0.2, -0.15) is 10.1 Å². The van der Waals surface area contributed by atoms with Crippen LogP contribution in [0.25, 0.3) is 0 Å². The maximum Gasteiger partial charge on any atom is 0.216 e. The van der Waals surface area contributed by atoms with Crippen molar-refractivity contribution < 1.29 is 4.79 Å². The van der Waals surface area contributed by atoms with E-state index in [1.807, 2.05) is 0 Å². The Morgan fingerprint density at radius 3 is 2.00 bits per heavy atom. The first-order chi connectivity index (χ1) is 7.00. The number of hydrogen-bond donors (Lipinski definition) is 4. The summed E-state index contributed by atoms with van der Waals surface area (Å²) in [7, 11) is 0. The summed E-state index contributed by atoms with van der Waals surface area (Å²) < 4.78 is 0. The number of carbonyl (C=O) groups excluding carboxylic acids is 1. The molecular weight excluding hydrogens is 196 g/mol. The summed E-state index contributed by atoms with van der Waals surface area (Å²) >= 11 is 0. The predicted octanol–water partition coefficient (Wildman–Crippen LogP) is -0.874. The zero-order valence-corrected chi connectivity index (χ0v) is 7.77. The molecule has 0 saturated carbocycles. The number of hydrogen-bond acceptors (Lipinski definition) is 4. The molecule has 7 heteroatoms. The summed E-state index contributed by atoms with van der Waals surface area (Å²) in [6, 6.07) is 0. The molecule has 0 aromatic carbocycles. The first kappa shape index (κ1) is 10.6. The van der Waals surface area contributed by atoms with Gasteiger partial charge < -0.3 is 11.5 Å². The van der Waals surface area contributed by atoms with Crippen molar-refractivity contribution >= 4 is 23.4 Å². The summed E-state index contributed by atoms with van der Waals surface area (Å²) in [4.78, 5) is 10.8. The third-order valence-electron chi connectivity index (χ3n) is 1.51. The summed E-state index contributed by atoms with van der Waals surface area (Å²) in [5.74, 6) is -1.08. The molecule has 0 aromatic rings. The number of rotatable bonds is 1. The Kier molecular flexibility index (Phi) is 2.97. The molecule has 6 N–H and O–H groups in total.